The van der Waals surface area contributed by atoms with Crippen LogP contribution in [0.4, 0.5) is 5.82 Å². The van der Waals surface area contributed by atoms with Gasteiger partial charge >= 0.3 is 0 Å². The van der Waals surface area contributed by atoms with E-state index in [1.807, 2.05) is 0 Å². The second kappa shape index (κ2) is 6.55. The van der Waals surface area contributed by atoms with Gasteiger partial charge in [0.1, 0.15) is 5.82 Å². The smallest absolute Gasteiger partial charge is 0.245 e. The number of benzene rings is 1. The first-order chi connectivity index (χ1) is 11.8. The van der Waals surface area contributed by atoms with Crippen molar-refractivity contribution in [3.63, 3.8) is 0 Å². The summed E-state index contributed by atoms with van der Waals surface area (Å²) in [5.41, 5.74) is 6.97. The first kappa shape index (κ1) is 17.5. The minimum atomic E-state index is -3.57. The predicted molar refractivity (Wildman–Crippen MR) is 95.5 cm³/mol. The molecular weight excluding hydrogens is 340 g/mol. The van der Waals surface area contributed by atoms with E-state index in [-0.39, 0.29) is 10.8 Å². The van der Waals surface area contributed by atoms with Crippen molar-refractivity contribution in [3.05, 3.63) is 42.6 Å². The summed E-state index contributed by atoms with van der Waals surface area (Å²) in [5.74, 6) is 0.380. The third-order valence-corrected chi connectivity index (χ3v) is 6.10. The normalized spacial score (nSPS) is 18.2. The van der Waals surface area contributed by atoms with E-state index < -0.39 is 16.1 Å². The van der Waals surface area contributed by atoms with Gasteiger partial charge in [0.25, 0.3) is 0 Å². The summed E-state index contributed by atoms with van der Waals surface area (Å²) >= 11 is 0. The lowest BCUT2D eigenvalue weighted by Gasteiger charge is -2.17. The van der Waals surface area contributed by atoms with Crippen molar-refractivity contribution < 1.29 is 13.2 Å². The SMILES string of the molecule is CN(C)S(=O)(=O)c1ccccc1-c1ccc(N2CC[C@H](N)C2=O)nc1. The Morgan fingerprint density at radius 1 is 1.20 bits per heavy atom. The summed E-state index contributed by atoms with van der Waals surface area (Å²) < 4.78 is 26.2. The lowest BCUT2D eigenvalue weighted by Crippen LogP contribution is -2.34. The van der Waals surface area contributed by atoms with Crippen molar-refractivity contribution in [1.82, 2.24) is 9.29 Å². The van der Waals surface area contributed by atoms with Crippen LogP contribution in [0, 0.1) is 0 Å². The standard InChI is InChI=1S/C17H20N4O3S/c1-20(2)25(23,24)15-6-4-3-5-13(15)12-7-8-16(19-11-12)21-10-9-14(18)17(21)22/h3-8,11,14H,9-10,18H2,1-2H3/t14-/m0/s1. The molecule has 8 heteroatoms. The molecule has 1 fully saturated rings. The molecule has 2 N–H and O–H groups in total. The molecule has 132 valence electrons. The molecule has 25 heavy (non-hydrogen) atoms. The Kier molecular flexibility index (Phi) is 4.59. The molecule has 0 radical (unpaired) electrons. The van der Waals surface area contributed by atoms with Gasteiger partial charge in [-0.15, -0.1) is 0 Å². The summed E-state index contributed by atoms with van der Waals surface area (Å²) in [6.45, 7) is 0.540. The summed E-state index contributed by atoms with van der Waals surface area (Å²) in [7, 11) is -0.582. The number of anilines is 1. The van der Waals surface area contributed by atoms with Gasteiger partial charge in [-0.1, -0.05) is 18.2 Å². The molecule has 2 heterocycles. The number of hydrogen-bond acceptors (Lipinski definition) is 5. The van der Waals surface area contributed by atoms with Crippen LogP contribution >= 0.6 is 0 Å². The van der Waals surface area contributed by atoms with E-state index in [4.69, 9.17) is 5.73 Å². The molecule has 1 aliphatic heterocycles. The molecule has 1 aromatic carbocycles. The minimum absolute atomic E-state index is 0.143. The highest BCUT2D eigenvalue weighted by Crippen LogP contribution is 2.29. The van der Waals surface area contributed by atoms with Crippen LogP contribution < -0.4 is 10.6 Å². The van der Waals surface area contributed by atoms with Crippen molar-refractivity contribution in [2.75, 3.05) is 25.5 Å². The van der Waals surface area contributed by atoms with Gasteiger partial charge in [0.2, 0.25) is 15.9 Å². The fourth-order valence-corrected chi connectivity index (χ4v) is 3.87. The van der Waals surface area contributed by atoms with Crippen LogP contribution in [0.5, 0.6) is 0 Å². The fourth-order valence-electron chi connectivity index (χ4n) is 2.76. The van der Waals surface area contributed by atoms with Crippen LogP contribution in [-0.4, -0.2) is 50.3 Å². The van der Waals surface area contributed by atoms with Gasteiger partial charge in [-0.3, -0.25) is 9.69 Å². The van der Waals surface area contributed by atoms with Gasteiger partial charge in [-0.05, 0) is 24.6 Å². The van der Waals surface area contributed by atoms with Gasteiger partial charge in [0, 0.05) is 38.0 Å². The molecule has 0 unspecified atom stereocenters. The molecule has 0 spiro atoms. The van der Waals surface area contributed by atoms with Crippen molar-refractivity contribution in [1.29, 1.82) is 0 Å². The maximum absolute atomic E-state index is 12.5. The zero-order valence-electron chi connectivity index (χ0n) is 14.1. The zero-order chi connectivity index (χ0) is 18.2. The Bertz CT molecular complexity index is 894. The van der Waals surface area contributed by atoms with E-state index >= 15 is 0 Å². The van der Waals surface area contributed by atoms with Crippen LogP contribution in [0.2, 0.25) is 0 Å². The molecule has 7 nitrogen and oxygen atoms in total. The van der Waals surface area contributed by atoms with Gasteiger partial charge in [0.15, 0.2) is 0 Å². The van der Waals surface area contributed by atoms with Gasteiger partial charge in [-0.25, -0.2) is 17.7 Å². The molecule has 0 bridgehead atoms. The number of carbonyl (C=O) groups excluding carboxylic acids is 1. The van der Waals surface area contributed by atoms with Crippen molar-refractivity contribution >= 4 is 21.7 Å². The number of nitrogens with zero attached hydrogens (tertiary/aromatic N) is 3. The van der Waals surface area contributed by atoms with E-state index in [2.05, 4.69) is 4.98 Å². The number of aromatic nitrogens is 1. The van der Waals surface area contributed by atoms with E-state index in [0.29, 0.717) is 29.9 Å². The van der Waals surface area contributed by atoms with E-state index in [9.17, 15) is 13.2 Å². The van der Waals surface area contributed by atoms with Crippen molar-refractivity contribution in [3.8, 4) is 11.1 Å². The number of sulfonamides is 1. The summed E-state index contributed by atoms with van der Waals surface area (Å²) in [6.07, 6.45) is 2.18. The highest BCUT2D eigenvalue weighted by molar-refractivity contribution is 7.89. The Balaban J connectivity index is 1.98. The summed E-state index contributed by atoms with van der Waals surface area (Å²) in [6, 6.07) is 9.78. The monoisotopic (exact) mass is 360 g/mol. The average Bonchev–Trinajstić information content (AvgIpc) is 2.94. The molecule has 1 saturated heterocycles. The third-order valence-electron chi connectivity index (χ3n) is 4.23. The molecule has 2 aromatic rings. The summed E-state index contributed by atoms with van der Waals surface area (Å²) in [5, 5.41) is 0. The predicted octanol–water partition coefficient (Wildman–Crippen LogP) is 1.06. The minimum Gasteiger partial charge on any atom is -0.320 e. The van der Waals surface area contributed by atoms with Crippen LogP contribution in [0.15, 0.2) is 47.5 Å². The number of pyridine rings is 1. The largest absolute Gasteiger partial charge is 0.320 e. The molecule has 3 rings (SSSR count). The highest BCUT2D eigenvalue weighted by atomic mass is 32.2. The lowest BCUT2D eigenvalue weighted by atomic mass is 10.1. The highest BCUT2D eigenvalue weighted by Gasteiger charge is 2.30. The molecule has 1 atom stereocenters. The van der Waals surface area contributed by atoms with Crippen LogP contribution in [0.1, 0.15) is 6.42 Å². The molecular formula is C17H20N4O3S. The van der Waals surface area contributed by atoms with Crippen LogP contribution in [0.25, 0.3) is 11.1 Å². The second-order valence-corrected chi connectivity index (χ2v) is 8.19. The molecule has 0 aliphatic carbocycles. The Morgan fingerprint density at radius 3 is 2.48 bits per heavy atom. The molecule has 1 aromatic heterocycles. The van der Waals surface area contributed by atoms with E-state index in [0.717, 1.165) is 0 Å². The van der Waals surface area contributed by atoms with Crippen LogP contribution in [-0.2, 0) is 14.8 Å². The first-order valence-corrected chi connectivity index (χ1v) is 9.31. The third kappa shape index (κ3) is 3.15. The van der Waals surface area contributed by atoms with Crippen molar-refractivity contribution in [2.45, 2.75) is 17.4 Å². The fraction of sp³-hybridized carbons (Fsp3) is 0.294. The van der Waals surface area contributed by atoms with E-state index in [1.54, 1.807) is 47.5 Å². The van der Waals surface area contributed by atoms with Gasteiger partial charge in [-0.2, -0.15) is 0 Å². The zero-order valence-corrected chi connectivity index (χ0v) is 14.9. The molecule has 1 aliphatic rings. The maximum atomic E-state index is 12.5. The Labute approximate surface area is 147 Å². The number of nitrogens with two attached hydrogens (primary N) is 1. The number of amides is 1. The first-order valence-electron chi connectivity index (χ1n) is 7.87. The lowest BCUT2D eigenvalue weighted by molar-refractivity contribution is -0.118. The second-order valence-electron chi connectivity index (χ2n) is 6.07. The molecule has 1 amide bonds. The summed E-state index contributed by atoms with van der Waals surface area (Å²) in [4.78, 5) is 18.1. The number of carbonyl (C=O) groups is 1. The van der Waals surface area contributed by atoms with Crippen molar-refractivity contribution in [2.24, 2.45) is 5.73 Å². The van der Waals surface area contributed by atoms with Crippen LogP contribution in [0.3, 0.4) is 0 Å². The topological polar surface area (TPSA) is 96.6 Å². The number of rotatable bonds is 4. The quantitative estimate of drug-likeness (QED) is 0.879. The Morgan fingerprint density at radius 2 is 1.92 bits per heavy atom. The average molecular weight is 360 g/mol. The van der Waals surface area contributed by atoms with Gasteiger partial charge < -0.3 is 5.73 Å². The Hall–Kier alpha value is -2.29. The number of hydrogen-bond donors (Lipinski definition) is 1. The molecule has 0 saturated carbocycles. The van der Waals surface area contributed by atoms with Gasteiger partial charge in [0.05, 0.1) is 10.9 Å². The maximum Gasteiger partial charge on any atom is 0.245 e. The van der Waals surface area contributed by atoms with E-state index in [1.165, 1.54) is 18.4 Å².